The molecule has 2 aliphatic rings. The van der Waals surface area contributed by atoms with Crippen LogP contribution in [0.5, 0.6) is 0 Å². The van der Waals surface area contributed by atoms with Crippen molar-refractivity contribution in [1.82, 2.24) is 20.1 Å². The van der Waals surface area contributed by atoms with E-state index < -0.39 is 59.5 Å². The van der Waals surface area contributed by atoms with Gasteiger partial charge in [0.2, 0.25) is 5.91 Å². The molecule has 0 spiro atoms. The molecule has 0 radical (unpaired) electrons. The molecule has 2 fully saturated rings. The number of aliphatic carboxylic acids is 1. The molecule has 0 unspecified atom stereocenters. The molecule has 14 heteroatoms. The van der Waals surface area contributed by atoms with E-state index in [4.69, 9.17) is 4.74 Å². The van der Waals surface area contributed by atoms with E-state index in [0.29, 0.717) is 10.6 Å². The zero-order valence-corrected chi connectivity index (χ0v) is 32.6. The van der Waals surface area contributed by atoms with E-state index >= 15 is 0 Å². The first kappa shape index (κ1) is 42.0. The predicted molar refractivity (Wildman–Crippen MR) is 196 cm³/mol. The van der Waals surface area contributed by atoms with Crippen LogP contribution in [0.1, 0.15) is 112 Å². The fraction of sp³-hybridized carbons (Fsp3) is 0.641. The Hall–Kier alpha value is -3.78. The molecule has 0 bridgehead atoms. The Morgan fingerprint density at radius 1 is 1.08 bits per heavy atom. The number of hydrogen-bond acceptors (Lipinski definition) is 9. The van der Waals surface area contributed by atoms with Gasteiger partial charge in [0.15, 0.2) is 11.9 Å². The van der Waals surface area contributed by atoms with E-state index in [1.807, 2.05) is 20.9 Å². The average molecular weight is 761 g/mol. The highest BCUT2D eigenvalue weighted by atomic mass is 32.1. The third-order valence-electron chi connectivity index (χ3n) is 10.6. The Labute approximate surface area is 314 Å². The number of carboxylic acid groups (broad SMARTS) is 1. The molecule has 1 saturated carbocycles. The molecule has 2 aromatic rings. The average Bonchev–Trinajstić information content (AvgIpc) is 3.80. The van der Waals surface area contributed by atoms with Crippen molar-refractivity contribution >= 4 is 40.9 Å². The van der Waals surface area contributed by atoms with Gasteiger partial charge in [-0.2, -0.15) is 0 Å². The van der Waals surface area contributed by atoms with Crippen LogP contribution in [0.3, 0.4) is 0 Å². The normalized spacial score (nSPS) is 19.2. The van der Waals surface area contributed by atoms with Crippen molar-refractivity contribution in [1.29, 1.82) is 0 Å². The van der Waals surface area contributed by atoms with Gasteiger partial charge in [0.25, 0.3) is 5.91 Å². The summed E-state index contributed by atoms with van der Waals surface area (Å²) < 4.78 is 35.2. The molecule has 2 heterocycles. The number of amides is 2. The van der Waals surface area contributed by atoms with Crippen molar-refractivity contribution in [2.45, 2.75) is 117 Å². The lowest BCUT2D eigenvalue weighted by molar-refractivity contribution is -0.149. The summed E-state index contributed by atoms with van der Waals surface area (Å²) in [4.78, 5) is 73.3. The van der Waals surface area contributed by atoms with Gasteiger partial charge < -0.3 is 20.1 Å². The van der Waals surface area contributed by atoms with Crippen LogP contribution in [0.4, 0.5) is 8.78 Å². The maximum atomic E-state index is 14.8. The number of aryl methyl sites for hydroxylation is 1. The number of piperidine rings is 1. The largest absolute Gasteiger partial charge is 0.481 e. The molecule has 4 rings (SSSR count). The molecule has 1 aliphatic carbocycles. The lowest BCUT2D eigenvalue weighted by Gasteiger charge is -2.36. The van der Waals surface area contributed by atoms with Crippen molar-refractivity contribution in [3.63, 3.8) is 0 Å². The zero-order valence-electron chi connectivity index (χ0n) is 31.8. The lowest BCUT2D eigenvalue weighted by atomic mass is 9.88. The molecular weight excluding hydrogens is 707 g/mol. The number of halogens is 2. The van der Waals surface area contributed by atoms with Crippen LogP contribution >= 0.6 is 11.3 Å². The topological polar surface area (TPSA) is 146 Å². The van der Waals surface area contributed by atoms with Gasteiger partial charge in [0.05, 0.1) is 12.0 Å². The number of benzene rings is 1. The Morgan fingerprint density at radius 2 is 1.74 bits per heavy atom. The number of ether oxygens (including phenoxy) is 1. The van der Waals surface area contributed by atoms with Gasteiger partial charge in [-0.15, -0.1) is 11.3 Å². The van der Waals surface area contributed by atoms with Crippen molar-refractivity contribution in [2.75, 3.05) is 20.6 Å². The minimum Gasteiger partial charge on any atom is -0.481 e. The Bertz CT molecular complexity index is 1620. The third-order valence-corrected chi connectivity index (χ3v) is 11.5. The van der Waals surface area contributed by atoms with Crippen LogP contribution in [-0.4, -0.2) is 88.2 Å². The number of ketones is 1. The number of likely N-dealkylation sites (tertiary alicyclic amines) is 1. The van der Waals surface area contributed by atoms with E-state index in [2.05, 4.69) is 15.2 Å². The Morgan fingerprint density at radius 3 is 2.30 bits per heavy atom. The highest BCUT2D eigenvalue weighted by Gasteiger charge is 2.42. The highest BCUT2D eigenvalue weighted by molar-refractivity contribution is 7.09. The van der Waals surface area contributed by atoms with E-state index in [1.54, 1.807) is 18.9 Å². The van der Waals surface area contributed by atoms with Gasteiger partial charge >= 0.3 is 11.9 Å². The number of esters is 1. The SMILES string of the molecule is CC(=O)O[C@H](C[C@H](C(C)C)N(C)C(=O)[C@@H](CC(=O)[C@H]1CCCCN1C)C1CC1)c1nc(C(=O)N[C@@H](Cc2c(F)cc(C)cc2F)C[C@H](C)C(=O)O)cs1. The standard InChI is InChI=1S/C39H54F2N4O7S/c1-21(2)33(45(7)38(49)27(25-11-12-25)18-34(47)32-10-8-9-13-44(32)6)19-35(52-24(5)46)37-43-31(20-53-37)36(48)42-26(16-23(4)39(50)51)17-28-29(40)14-22(3)15-30(28)41/h14-15,20-21,23,25-27,32-33,35H,8-13,16-19H2,1-7H3,(H,42,48)(H,50,51)/t23-,26+,27-,32+,33+,35+/m0/s1. The van der Waals surface area contributed by atoms with Gasteiger partial charge in [-0.3, -0.25) is 28.9 Å². The second-order valence-electron chi connectivity index (χ2n) is 15.3. The van der Waals surface area contributed by atoms with E-state index in [9.17, 15) is 37.9 Å². The summed E-state index contributed by atoms with van der Waals surface area (Å²) >= 11 is 1.09. The molecule has 292 valence electrons. The summed E-state index contributed by atoms with van der Waals surface area (Å²) in [5.74, 6) is -5.22. The van der Waals surface area contributed by atoms with Crippen LogP contribution < -0.4 is 5.32 Å². The summed E-state index contributed by atoms with van der Waals surface area (Å²) in [6.07, 6.45) is 3.75. The number of carbonyl (C=O) groups is 5. The van der Waals surface area contributed by atoms with Crippen LogP contribution in [0.2, 0.25) is 0 Å². The van der Waals surface area contributed by atoms with Crippen molar-refractivity contribution in [3.8, 4) is 0 Å². The summed E-state index contributed by atoms with van der Waals surface area (Å²) in [6.45, 7) is 9.06. The predicted octanol–water partition coefficient (Wildman–Crippen LogP) is 6.13. The molecule has 53 heavy (non-hydrogen) atoms. The van der Waals surface area contributed by atoms with Crippen molar-refractivity contribution in [2.24, 2.45) is 23.7 Å². The van der Waals surface area contributed by atoms with Gasteiger partial charge in [-0.25, -0.2) is 13.8 Å². The number of nitrogens with zero attached hydrogens (tertiary/aromatic N) is 3. The van der Waals surface area contributed by atoms with Gasteiger partial charge in [0, 0.05) is 55.8 Å². The Kier molecular flexibility index (Phi) is 14.7. The summed E-state index contributed by atoms with van der Waals surface area (Å²) in [6, 6.07) is 0.843. The minimum absolute atomic E-state index is 0.0366. The van der Waals surface area contributed by atoms with Crippen LogP contribution in [0.25, 0.3) is 0 Å². The van der Waals surface area contributed by atoms with Crippen LogP contribution in [0, 0.1) is 42.2 Å². The highest BCUT2D eigenvalue weighted by Crippen LogP contribution is 2.41. The quantitative estimate of drug-likeness (QED) is 0.172. The second-order valence-corrected chi connectivity index (χ2v) is 16.2. The zero-order chi connectivity index (χ0) is 39.1. The van der Waals surface area contributed by atoms with Crippen LogP contribution in [0.15, 0.2) is 17.5 Å². The Balaban J connectivity index is 1.51. The number of nitrogens with one attached hydrogen (secondary N) is 1. The molecule has 1 saturated heterocycles. The van der Waals surface area contributed by atoms with Gasteiger partial charge in [-0.05, 0) is 88.6 Å². The second kappa shape index (κ2) is 18.5. The molecule has 2 amide bonds. The number of aromatic nitrogens is 1. The molecule has 2 N–H and O–H groups in total. The summed E-state index contributed by atoms with van der Waals surface area (Å²) in [5, 5.41) is 14.0. The van der Waals surface area contributed by atoms with Gasteiger partial charge in [0.1, 0.15) is 22.3 Å². The molecule has 11 nitrogen and oxygen atoms in total. The van der Waals surface area contributed by atoms with E-state index in [-0.39, 0.29) is 66.5 Å². The van der Waals surface area contributed by atoms with Crippen LogP contribution in [-0.2, 0) is 30.3 Å². The molecule has 6 atom stereocenters. The van der Waals surface area contributed by atoms with Crippen molar-refractivity contribution in [3.05, 3.63) is 51.0 Å². The minimum atomic E-state index is -1.12. The fourth-order valence-corrected chi connectivity index (χ4v) is 8.24. The summed E-state index contributed by atoms with van der Waals surface area (Å²) in [5.41, 5.74) is 0.0854. The molecule has 1 aromatic carbocycles. The number of hydrogen-bond donors (Lipinski definition) is 2. The molecule has 1 aliphatic heterocycles. The molecule has 1 aromatic heterocycles. The third kappa shape index (κ3) is 11.4. The number of Topliss-reactive ketones (excluding diaryl/α,β-unsaturated/α-hetero) is 1. The maximum absolute atomic E-state index is 14.8. The van der Waals surface area contributed by atoms with Gasteiger partial charge in [-0.1, -0.05) is 27.2 Å². The lowest BCUT2D eigenvalue weighted by Crippen LogP contribution is -2.47. The number of likely N-dealkylation sites (N-methyl/N-ethyl adjacent to an activating group) is 1. The number of carboxylic acids is 1. The smallest absolute Gasteiger partial charge is 0.306 e. The maximum Gasteiger partial charge on any atom is 0.306 e. The summed E-state index contributed by atoms with van der Waals surface area (Å²) in [7, 11) is 3.69. The van der Waals surface area contributed by atoms with E-state index in [1.165, 1.54) is 31.4 Å². The van der Waals surface area contributed by atoms with Crippen molar-refractivity contribution < 1.29 is 42.6 Å². The first-order chi connectivity index (χ1) is 25.0. The monoisotopic (exact) mass is 760 g/mol. The number of rotatable bonds is 18. The molecular formula is C39H54F2N4O7S. The van der Waals surface area contributed by atoms with E-state index in [0.717, 1.165) is 50.0 Å². The first-order valence-corrected chi connectivity index (χ1v) is 19.4. The fourth-order valence-electron chi connectivity index (χ4n) is 7.40. The number of carbonyl (C=O) groups excluding carboxylic acids is 4. The first-order valence-electron chi connectivity index (χ1n) is 18.6. The number of thiazole rings is 1.